The molecule has 6 heteroatoms. The van der Waals surface area contributed by atoms with Gasteiger partial charge >= 0.3 is 11.9 Å². The fraction of sp³-hybridized carbons (Fsp3) is 0.333. The molecular weight excluding hydrogens is 462 g/mol. The second-order valence-corrected chi connectivity index (χ2v) is 5.69. The van der Waals surface area contributed by atoms with Gasteiger partial charge in [0, 0.05) is 4.43 Å². The van der Waals surface area contributed by atoms with E-state index in [-0.39, 0.29) is 15.9 Å². The van der Waals surface area contributed by atoms with Crippen LogP contribution in [0.25, 0.3) is 0 Å². The minimum Gasteiger partial charge on any atom is -0.468 e. The van der Waals surface area contributed by atoms with Crippen molar-refractivity contribution < 1.29 is 19.1 Å². The first-order valence-electron chi connectivity index (χ1n) is 5.17. The molecule has 1 unspecified atom stereocenters. The van der Waals surface area contributed by atoms with E-state index >= 15 is 0 Å². The summed E-state index contributed by atoms with van der Waals surface area (Å²) < 4.78 is 10.1. The lowest BCUT2D eigenvalue weighted by molar-refractivity contribution is -0.139. The maximum Gasteiger partial charge on any atom is 0.323 e. The highest BCUT2D eigenvalue weighted by molar-refractivity contribution is 14.1. The van der Waals surface area contributed by atoms with Crippen molar-refractivity contribution in [2.24, 2.45) is 0 Å². The molecule has 0 fully saturated rings. The molecule has 1 aromatic rings. The molecule has 0 heterocycles. The number of benzene rings is 1. The van der Waals surface area contributed by atoms with E-state index in [4.69, 9.17) is 4.74 Å². The van der Waals surface area contributed by atoms with Crippen molar-refractivity contribution in [3.05, 3.63) is 29.8 Å². The van der Waals surface area contributed by atoms with Crippen LogP contribution >= 0.6 is 45.2 Å². The Balaban J connectivity index is 2.68. The number of halogens is 2. The third kappa shape index (κ3) is 4.71. The molecule has 0 spiro atoms. The number of rotatable bonds is 5. The number of esters is 2. The molecule has 0 aliphatic rings. The van der Waals surface area contributed by atoms with Crippen LogP contribution in [0.4, 0.5) is 0 Å². The zero-order valence-electron chi connectivity index (χ0n) is 9.69. The van der Waals surface area contributed by atoms with Gasteiger partial charge in [0.15, 0.2) is 0 Å². The summed E-state index contributed by atoms with van der Waals surface area (Å²) in [5, 5.41) is 0. The molecule has 0 N–H and O–H groups in total. The third-order valence-corrected chi connectivity index (χ3v) is 3.88. The van der Waals surface area contributed by atoms with E-state index in [1.54, 1.807) is 24.3 Å². The van der Waals surface area contributed by atoms with E-state index in [2.05, 4.69) is 27.3 Å². The molecule has 0 saturated carbocycles. The molecule has 0 aliphatic carbocycles. The third-order valence-electron chi connectivity index (χ3n) is 2.11. The van der Waals surface area contributed by atoms with Crippen LogP contribution in [0.2, 0.25) is 0 Å². The predicted octanol–water partition coefficient (Wildman–Crippen LogP) is 3.07. The summed E-state index contributed by atoms with van der Waals surface area (Å²) in [6.45, 7) is 0. The van der Waals surface area contributed by atoms with Crippen molar-refractivity contribution >= 4 is 57.1 Å². The lowest BCUT2D eigenvalue weighted by Crippen LogP contribution is -2.09. The van der Waals surface area contributed by atoms with Crippen LogP contribution in [0.1, 0.15) is 15.9 Å². The summed E-state index contributed by atoms with van der Waals surface area (Å²) in [5.74, 6) is -0.0662. The van der Waals surface area contributed by atoms with Gasteiger partial charge < -0.3 is 9.47 Å². The summed E-state index contributed by atoms with van der Waals surface area (Å²) in [6.07, 6.45) is 0.388. The molecule has 0 bridgehead atoms. The van der Waals surface area contributed by atoms with E-state index < -0.39 is 0 Å². The van der Waals surface area contributed by atoms with Crippen LogP contribution < -0.4 is 4.74 Å². The van der Waals surface area contributed by atoms with Gasteiger partial charge in [-0.25, -0.2) is 0 Å². The van der Waals surface area contributed by atoms with Crippen molar-refractivity contribution in [2.45, 2.75) is 10.3 Å². The monoisotopic (exact) mass is 474 g/mol. The second kappa shape index (κ2) is 7.93. The topological polar surface area (TPSA) is 52.6 Å². The minimum absolute atomic E-state index is 0.254. The van der Waals surface area contributed by atoms with E-state index in [0.717, 1.165) is 9.99 Å². The molecule has 1 atom stereocenters. The van der Waals surface area contributed by atoms with Crippen molar-refractivity contribution in [2.75, 3.05) is 11.5 Å². The molecule has 98 valence electrons. The molecule has 0 radical (unpaired) electrons. The Morgan fingerprint density at radius 3 is 2.39 bits per heavy atom. The summed E-state index contributed by atoms with van der Waals surface area (Å²) >= 11 is 4.12. The van der Waals surface area contributed by atoms with Crippen molar-refractivity contribution in [1.82, 2.24) is 0 Å². The second-order valence-electron chi connectivity index (χ2n) is 3.37. The molecule has 4 nitrogen and oxygen atoms in total. The lowest BCUT2D eigenvalue weighted by Gasteiger charge is -2.09. The average Bonchev–Trinajstić information content (AvgIpc) is 2.38. The highest BCUT2D eigenvalue weighted by atomic mass is 127. The first-order chi connectivity index (χ1) is 8.58. The normalized spacial score (nSPS) is 11.7. The molecule has 0 aromatic heterocycles. The minimum atomic E-state index is -0.355. The summed E-state index contributed by atoms with van der Waals surface area (Å²) in [4.78, 5) is 22.6. The van der Waals surface area contributed by atoms with E-state index in [0.29, 0.717) is 12.2 Å². The van der Waals surface area contributed by atoms with Crippen LogP contribution in [0, 0.1) is 0 Å². The molecular formula is C12H12I2O4. The Morgan fingerprint density at radius 1 is 1.28 bits per heavy atom. The number of methoxy groups -OCH3 is 1. The zero-order chi connectivity index (χ0) is 13.5. The first kappa shape index (κ1) is 15.7. The highest BCUT2D eigenvalue weighted by Crippen LogP contribution is 2.26. The molecule has 0 amide bonds. The van der Waals surface area contributed by atoms with E-state index in [9.17, 15) is 9.59 Å². The SMILES string of the molecule is COC(=O)C(I)c1ccc(OC(=O)CCI)cc1. The average molecular weight is 474 g/mol. The number of hydrogen-bond acceptors (Lipinski definition) is 4. The molecule has 1 aromatic carbocycles. The number of carbonyl (C=O) groups is 2. The maximum atomic E-state index is 11.3. The summed E-state index contributed by atoms with van der Waals surface area (Å²) in [7, 11) is 1.36. The maximum absolute atomic E-state index is 11.3. The Kier molecular flexibility index (Phi) is 6.90. The van der Waals surface area contributed by atoms with Crippen molar-refractivity contribution in [3.63, 3.8) is 0 Å². The van der Waals surface area contributed by atoms with E-state index in [1.165, 1.54) is 7.11 Å². The van der Waals surface area contributed by atoms with Gasteiger partial charge in [-0.15, -0.1) is 0 Å². The largest absolute Gasteiger partial charge is 0.468 e. The van der Waals surface area contributed by atoms with Crippen LogP contribution in [0.5, 0.6) is 5.75 Å². The van der Waals surface area contributed by atoms with Gasteiger partial charge in [0.1, 0.15) is 9.67 Å². The number of hydrogen-bond donors (Lipinski definition) is 0. The number of carbonyl (C=O) groups excluding carboxylic acids is 2. The van der Waals surface area contributed by atoms with Gasteiger partial charge in [-0.1, -0.05) is 57.3 Å². The molecule has 0 aliphatic heterocycles. The van der Waals surface area contributed by atoms with Crippen molar-refractivity contribution in [1.29, 1.82) is 0 Å². The van der Waals surface area contributed by atoms with Crippen LogP contribution in [0.3, 0.4) is 0 Å². The molecule has 1 rings (SSSR count). The van der Waals surface area contributed by atoms with Crippen LogP contribution in [-0.2, 0) is 14.3 Å². The number of alkyl halides is 2. The zero-order valence-corrected chi connectivity index (χ0v) is 14.0. The smallest absolute Gasteiger partial charge is 0.323 e. The molecule has 18 heavy (non-hydrogen) atoms. The predicted molar refractivity (Wildman–Crippen MR) is 84.4 cm³/mol. The lowest BCUT2D eigenvalue weighted by atomic mass is 10.1. The van der Waals surface area contributed by atoms with Gasteiger partial charge in [-0.05, 0) is 17.7 Å². The fourth-order valence-electron chi connectivity index (χ4n) is 1.20. The Morgan fingerprint density at radius 2 is 1.89 bits per heavy atom. The standard InChI is InChI=1S/C12H12I2O4/c1-17-12(16)11(14)8-2-4-9(5-3-8)18-10(15)6-7-13/h2-5,11H,6-7H2,1H3. The van der Waals surface area contributed by atoms with Gasteiger partial charge in [0.05, 0.1) is 13.5 Å². The van der Waals surface area contributed by atoms with E-state index in [1.807, 2.05) is 22.6 Å². The highest BCUT2D eigenvalue weighted by Gasteiger charge is 2.17. The first-order valence-corrected chi connectivity index (χ1v) is 7.94. The Bertz CT molecular complexity index is 417. The van der Waals surface area contributed by atoms with Crippen LogP contribution in [0.15, 0.2) is 24.3 Å². The quantitative estimate of drug-likeness (QED) is 0.285. The van der Waals surface area contributed by atoms with Crippen LogP contribution in [-0.4, -0.2) is 23.5 Å². The number of ether oxygens (including phenoxy) is 2. The fourth-order valence-corrected chi connectivity index (χ4v) is 2.31. The molecule has 0 saturated heterocycles. The van der Waals surface area contributed by atoms with Gasteiger partial charge in [-0.2, -0.15) is 0 Å². The summed E-state index contributed by atoms with van der Waals surface area (Å²) in [5.41, 5.74) is 0.816. The van der Waals surface area contributed by atoms with Gasteiger partial charge in [0.2, 0.25) is 0 Å². The van der Waals surface area contributed by atoms with Gasteiger partial charge in [-0.3, -0.25) is 9.59 Å². The summed E-state index contributed by atoms with van der Waals surface area (Å²) in [6, 6.07) is 6.85. The Labute approximate surface area is 133 Å². The Hall–Kier alpha value is -0.380. The van der Waals surface area contributed by atoms with Crippen molar-refractivity contribution in [3.8, 4) is 5.75 Å². The van der Waals surface area contributed by atoms with Gasteiger partial charge in [0.25, 0.3) is 0 Å².